The number of hydrogen-bond donors (Lipinski definition) is 1. The van der Waals surface area contributed by atoms with Gasteiger partial charge in [-0.25, -0.2) is 8.42 Å². The zero-order valence-corrected chi connectivity index (χ0v) is 20.5. The van der Waals surface area contributed by atoms with Gasteiger partial charge in [-0.1, -0.05) is 37.3 Å². The van der Waals surface area contributed by atoms with Crippen LogP contribution in [-0.2, 0) is 26.0 Å². The Kier molecular flexibility index (Phi) is 9.72. The summed E-state index contributed by atoms with van der Waals surface area (Å²) in [6, 6.07) is 15.4. The van der Waals surface area contributed by atoms with Gasteiger partial charge in [0.05, 0.1) is 19.1 Å². The predicted octanol–water partition coefficient (Wildman–Crippen LogP) is 2.45. The van der Waals surface area contributed by atoms with E-state index in [2.05, 4.69) is 5.32 Å². The highest BCUT2D eigenvalue weighted by Crippen LogP contribution is 2.22. The van der Waals surface area contributed by atoms with Crippen molar-refractivity contribution in [1.29, 1.82) is 0 Å². The molecule has 33 heavy (non-hydrogen) atoms. The number of amides is 2. The average molecular weight is 476 g/mol. The molecule has 2 amide bonds. The van der Waals surface area contributed by atoms with E-state index in [1.54, 1.807) is 24.3 Å². The van der Waals surface area contributed by atoms with Gasteiger partial charge in [0, 0.05) is 13.1 Å². The molecular weight excluding hydrogens is 442 g/mol. The number of benzene rings is 2. The number of rotatable bonds is 12. The van der Waals surface area contributed by atoms with Crippen LogP contribution in [0, 0.1) is 0 Å². The third-order valence-electron chi connectivity index (χ3n) is 5.26. The summed E-state index contributed by atoms with van der Waals surface area (Å²) >= 11 is 0. The number of methoxy groups -OCH3 is 1. The summed E-state index contributed by atoms with van der Waals surface area (Å²) in [5.74, 6) is -0.118. The van der Waals surface area contributed by atoms with Crippen LogP contribution in [-0.4, -0.2) is 64.2 Å². The van der Waals surface area contributed by atoms with Gasteiger partial charge in [0.25, 0.3) is 0 Å². The molecule has 0 aromatic heterocycles. The van der Waals surface area contributed by atoms with Crippen molar-refractivity contribution < 1.29 is 22.7 Å². The summed E-state index contributed by atoms with van der Waals surface area (Å²) in [4.78, 5) is 27.6. The number of anilines is 1. The third-order valence-corrected chi connectivity index (χ3v) is 6.40. The van der Waals surface area contributed by atoms with E-state index in [9.17, 15) is 18.0 Å². The quantitative estimate of drug-likeness (QED) is 0.509. The molecule has 0 heterocycles. The van der Waals surface area contributed by atoms with Crippen LogP contribution < -0.4 is 14.4 Å². The first-order chi connectivity index (χ1) is 15.7. The lowest BCUT2D eigenvalue weighted by Gasteiger charge is -2.32. The summed E-state index contributed by atoms with van der Waals surface area (Å²) in [5, 5.41) is 2.78. The lowest BCUT2D eigenvalue weighted by atomic mass is 10.1. The maximum atomic E-state index is 13.4. The smallest absolute Gasteiger partial charge is 0.244 e. The van der Waals surface area contributed by atoms with Crippen molar-refractivity contribution in [2.75, 3.05) is 37.3 Å². The van der Waals surface area contributed by atoms with Gasteiger partial charge < -0.3 is 15.0 Å². The Hall–Kier alpha value is -3.07. The standard InChI is InChI=1S/C24H33N3O5S/c1-5-22(24(29)25-6-2)26(17-16-19-10-8-7-9-11-19)23(28)18-27(33(4,30)31)20-12-14-21(32-3)15-13-20/h7-15,22H,5-6,16-18H2,1-4H3,(H,25,29)/t22-/m0/s1. The topological polar surface area (TPSA) is 96.0 Å². The van der Waals surface area contributed by atoms with Crippen molar-refractivity contribution in [3.05, 3.63) is 60.2 Å². The highest BCUT2D eigenvalue weighted by atomic mass is 32.2. The molecule has 2 aromatic carbocycles. The van der Waals surface area contributed by atoms with Gasteiger partial charge in [-0.05, 0) is 49.6 Å². The second-order valence-electron chi connectivity index (χ2n) is 7.61. The molecule has 1 N–H and O–H groups in total. The lowest BCUT2D eigenvalue weighted by Crippen LogP contribution is -2.53. The minimum Gasteiger partial charge on any atom is -0.497 e. The molecular formula is C24H33N3O5S. The third kappa shape index (κ3) is 7.49. The van der Waals surface area contributed by atoms with Gasteiger partial charge in [0.2, 0.25) is 21.8 Å². The van der Waals surface area contributed by atoms with Crippen LogP contribution in [0.25, 0.3) is 0 Å². The zero-order chi connectivity index (χ0) is 24.4. The number of hydrogen-bond acceptors (Lipinski definition) is 5. The molecule has 0 unspecified atom stereocenters. The zero-order valence-electron chi connectivity index (χ0n) is 19.7. The Morgan fingerprint density at radius 3 is 2.18 bits per heavy atom. The molecule has 0 radical (unpaired) electrons. The van der Waals surface area contributed by atoms with Crippen molar-refractivity contribution in [2.24, 2.45) is 0 Å². The van der Waals surface area contributed by atoms with Crippen LogP contribution in [0.3, 0.4) is 0 Å². The van der Waals surface area contributed by atoms with E-state index in [1.165, 1.54) is 12.0 Å². The number of sulfonamides is 1. The molecule has 0 spiro atoms. The summed E-state index contributed by atoms with van der Waals surface area (Å²) in [6.07, 6.45) is 2.01. The Labute approximate surface area is 196 Å². The fourth-order valence-corrected chi connectivity index (χ4v) is 4.40. The molecule has 9 heteroatoms. The monoisotopic (exact) mass is 475 g/mol. The number of carbonyl (C=O) groups excluding carboxylic acids is 2. The average Bonchev–Trinajstić information content (AvgIpc) is 2.80. The molecule has 1 atom stereocenters. The fraction of sp³-hybridized carbons (Fsp3) is 0.417. The van der Waals surface area contributed by atoms with E-state index in [-0.39, 0.29) is 5.91 Å². The second kappa shape index (κ2) is 12.2. The molecule has 2 aromatic rings. The van der Waals surface area contributed by atoms with Gasteiger partial charge in [-0.15, -0.1) is 0 Å². The molecule has 0 aliphatic carbocycles. The Morgan fingerprint density at radius 1 is 1.03 bits per heavy atom. The predicted molar refractivity (Wildman–Crippen MR) is 130 cm³/mol. The molecule has 0 aliphatic rings. The van der Waals surface area contributed by atoms with Crippen molar-refractivity contribution in [1.82, 2.24) is 10.2 Å². The molecule has 0 saturated heterocycles. The Bertz CT molecular complexity index is 1010. The molecule has 0 saturated carbocycles. The van der Waals surface area contributed by atoms with E-state index in [0.29, 0.717) is 37.4 Å². The van der Waals surface area contributed by atoms with E-state index < -0.39 is 28.5 Å². The van der Waals surface area contributed by atoms with Gasteiger partial charge in [-0.3, -0.25) is 13.9 Å². The molecule has 0 aliphatic heterocycles. The number of nitrogens with zero attached hydrogens (tertiary/aromatic N) is 2. The number of likely N-dealkylation sites (N-methyl/N-ethyl adjacent to an activating group) is 1. The highest BCUT2D eigenvalue weighted by Gasteiger charge is 2.31. The first-order valence-corrected chi connectivity index (χ1v) is 12.8. The molecule has 8 nitrogen and oxygen atoms in total. The summed E-state index contributed by atoms with van der Waals surface area (Å²) in [6.45, 7) is 3.97. The number of ether oxygens (including phenoxy) is 1. The molecule has 180 valence electrons. The SMILES string of the molecule is CCNC(=O)[C@H](CC)N(CCc1ccccc1)C(=O)CN(c1ccc(OC)cc1)S(C)(=O)=O. The molecule has 0 fully saturated rings. The Morgan fingerprint density at radius 2 is 1.67 bits per heavy atom. The highest BCUT2D eigenvalue weighted by molar-refractivity contribution is 7.92. The van der Waals surface area contributed by atoms with Gasteiger partial charge in [-0.2, -0.15) is 0 Å². The van der Waals surface area contributed by atoms with Crippen molar-refractivity contribution in [3.8, 4) is 5.75 Å². The Balaban J connectivity index is 2.33. The normalized spacial score (nSPS) is 12.0. The van der Waals surface area contributed by atoms with Crippen LogP contribution in [0.5, 0.6) is 5.75 Å². The van der Waals surface area contributed by atoms with Gasteiger partial charge in [0.1, 0.15) is 18.3 Å². The maximum absolute atomic E-state index is 13.4. The summed E-state index contributed by atoms with van der Waals surface area (Å²) in [5.41, 5.74) is 1.37. The first kappa shape index (κ1) is 26.2. The first-order valence-electron chi connectivity index (χ1n) is 10.9. The fourth-order valence-electron chi connectivity index (χ4n) is 3.55. The van der Waals surface area contributed by atoms with Crippen LogP contribution in [0.15, 0.2) is 54.6 Å². The van der Waals surface area contributed by atoms with Crippen LogP contribution in [0.1, 0.15) is 25.8 Å². The van der Waals surface area contributed by atoms with Crippen molar-refractivity contribution in [3.63, 3.8) is 0 Å². The second-order valence-corrected chi connectivity index (χ2v) is 9.52. The molecule has 0 bridgehead atoms. The number of carbonyl (C=O) groups is 2. The minimum absolute atomic E-state index is 0.253. The van der Waals surface area contributed by atoms with E-state index in [0.717, 1.165) is 16.1 Å². The summed E-state index contributed by atoms with van der Waals surface area (Å²) < 4.78 is 31.3. The minimum atomic E-state index is -3.75. The van der Waals surface area contributed by atoms with Crippen LogP contribution in [0.4, 0.5) is 5.69 Å². The largest absolute Gasteiger partial charge is 0.497 e. The van der Waals surface area contributed by atoms with Crippen molar-refractivity contribution >= 4 is 27.5 Å². The lowest BCUT2D eigenvalue weighted by molar-refractivity contribution is -0.139. The van der Waals surface area contributed by atoms with Crippen LogP contribution in [0.2, 0.25) is 0 Å². The van der Waals surface area contributed by atoms with Crippen LogP contribution >= 0.6 is 0 Å². The maximum Gasteiger partial charge on any atom is 0.244 e. The summed E-state index contributed by atoms with van der Waals surface area (Å²) in [7, 11) is -2.23. The van der Waals surface area contributed by atoms with E-state index in [1.807, 2.05) is 44.2 Å². The number of nitrogens with one attached hydrogen (secondary N) is 1. The van der Waals surface area contributed by atoms with Crippen molar-refractivity contribution in [2.45, 2.75) is 32.7 Å². The molecule has 2 rings (SSSR count). The van der Waals surface area contributed by atoms with E-state index in [4.69, 9.17) is 4.74 Å². The van der Waals surface area contributed by atoms with Gasteiger partial charge >= 0.3 is 0 Å². The van der Waals surface area contributed by atoms with E-state index >= 15 is 0 Å². The van der Waals surface area contributed by atoms with Gasteiger partial charge in [0.15, 0.2) is 0 Å².